The molecule has 92 valence electrons. The lowest BCUT2D eigenvalue weighted by molar-refractivity contribution is -0.119. The normalized spacial score (nSPS) is 19.5. The van der Waals surface area contributed by atoms with Gasteiger partial charge >= 0.3 is 6.61 Å². The van der Waals surface area contributed by atoms with Crippen LogP contribution in [-0.4, -0.2) is 19.1 Å². The molecule has 4 nitrogen and oxygen atoms in total. The van der Waals surface area contributed by atoms with E-state index in [4.69, 9.17) is 5.73 Å². The van der Waals surface area contributed by atoms with Gasteiger partial charge in [-0.15, -0.1) is 0 Å². The number of nitrogens with one attached hydrogen (secondary N) is 1. The smallest absolute Gasteiger partial charge is 0.387 e. The van der Waals surface area contributed by atoms with E-state index in [0.29, 0.717) is 13.0 Å². The highest BCUT2D eigenvalue weighted by Gasteiger charge is 2.23. The molecule has 0 bridgehead atoms. The fourth-order valence-electron chi connectivity index (χ4n) is 1.84. The molecule has 1 unspecified atom stereocenters. The van der Waals surface area contributed by atoms with Crippen LogP contribution in [0.5, 0.6) is 5.75 Å². The van der Waals surface area contributed by atoms with E-state index < -0.39 is 6.61 Å². The van der Waals surface area contributed by atoms with Crippen LogP contribution < -0.4 is 15.8 Å². The molecule has 1 aromatic carbocycles. The zero-order valence-corrected chi connectivity index (χ0v) is 8.95. The van der Waals surface area contributed by atoms with Gasteiger partial charge in [-0.05, 0) is 17.7 Å². The first-order valence-corrected chi connectivity index (χ1v) is 5.17. The van der Waals surface area contributed by atoms with Gasteiger partial charge in [0.1, 0.15) is 5.75 Å². The summed E-state index contributed by atoms with van der Waals surface area (Å²) < 4.78 is 28.6. The van der Waals surface area contributed by atoms with Gasteiger partial charge in [0.05, 0.1) is 5.69 Å². The molecule has 2 rings (SSSR count). The van der Waals surface area contributed by atoms with Crippen molar-refractivity contribution in [3.05, 3.63) is 23.8 Å². The zero-order chi connectivity index (χ0) is 12.4. The average molecular weight is 242 g/mol. The Morgan fingerprint density at radius 1 is 1.47 bits per heavy atom. The second kappa shape index (κ2) is 4.57. The first-order chi connectivity index (χ1) is 8.06. The third-order valence-corrected chi connectivity index (χ3v) is 2.70. The number of rotatable bonds is 3. The summed E-state index contributed by atoms with van der Waals surface area (Å²) in [6, 6.07) is 4.70. The Kier molecular flexibility index (Phi) is 3.12. The van der Waals surface area contributed by atoms with E-state index in [1.165, 1.54) is 12.1 Å². The molecule has 1 aliphatic rings. The summed E-state index contributed by atoms with van der Waals surface area (Å²) >= 11 is 0. The molecule has 3 N–H and O–H groups in total. The van der Waals surface area contributed by atoms with Gasteiger partial charge in [-0.3, -0.25) is 4.79 Å². The van der Waals surface area contributed by atoms with Crippen LogP contribution in [0.15, 0.2) is 18.2 Å². The number of halogens is 2. The fraction of sp³-hybridized carbons (Fsp3) is 0.364. The largest absolute Gasteiger partial charge is 0.433 e. The van der Waals surface area contributed by atoms with Crippen molar-refractivity contribution in [2.45, 2.75) is 19.0 Å². The number of amides is 1. The van der Waals surface area contributed by atoms with Gasteiger partial charge < -0.3 is 15.8 Å². The minimum absolute atomic E-state index is 0.0110. The van der Waals surface area contributed by atoms with E-state index in [1.54, 1.807) is 6.07 Å². The first-order valence-electron chi connectivity index (χ1n) is 5.17. The molecule has 0 spiro atoms. The van der Waals surface area contributed by atoms with Gasteiger partial charge in [-0.1, -0.05) is 6.07 Å². The highest BCUT2D eigenvalue weighted by molar-refractivity contribution is 5.79. The summed E-state index contributed by atoms with van der Waals surface area (Å²) in [5.41, 5.74) is 6.45. The van der Waals surface area contributed by atoms with Gasteiger partial charge in [-0.2, -0.15) is 8.78 Å². The number of ether oxygens (including phenoxy) is 1. The second-order valence-corrected chi connectivity index (χ2v) is 3.88. The summed E-state index contributed by atoms with van der Waals surface area (Å²) in [5, 5.41) is 2.68. The molecule has 0 aliphatic carbocycles. The van der Waals surface area contributed by atoms with Gasteiger partial charge in [0.25, 0.3) is 0 Å². The number of hydrogen-bond donors (Lipinski definition) is 2. The molecular formula is C11H12F2N2O2. The number of nitrogen functional groups attached to an aromatic ring is 1. The van der Waals surface area contributed by atoms with Crippen molar-refractivity contribution in [1.82, 2.24) is 5.32 Å². The summed E-state index contributed by atoms with van der Waals surface area (Å²) in [4.78, 5) is 11.1. The Bertz CT molecular complexity index is 437. The number of alkyl halides is 2. The maximum absolute atomic E-state index is 12.1. The minimum Gasteiger partial charge on any atom is -0.433 e. The Hall–Kier alpha value is -1.85. The van der Waals surface area contributed by atoms with Crippen molar-refractivity contribution in [2.24, 2.45) is 0 Å². The van der Waals surface area contributed by atoms with E-state index >= 15 is 0 Å². The molecule has 0 aromatic heterocycles. The van der Waals surface area contributed by atoms with Gasteiger partial charge in [0.2, 0.25) is 5.91 Å². The number of anilines is 1. The molecule has 0 saturated carbocycles. The summed E-state index contributed by atoms with van der Waals surface area (Å²) in [6.07, 6.45) is 0.359. The van der Waals surface area contributed by atoms with Crippen LogP contribution >= 0.6 is 0 Å². The quantitative estimate of drug-likeness (QED) is 0.789. The lowest BCUT2D eigenvalue weighted by atomic mass is 9.98. The molecule has 1 aliphatic heterocycles. The first kappa shape index (κ1) is 11.6. The van der Waals surface area contributed by atoms with E-state index in [9.17, 15) is 13.6 Å². The van der Waals surface area contributed by atoms with Crippen molar-refractivity contribution in [1.29, 1.82) is 0 Å². The lowest BCUT2D eigenvalue weighted by Gasteiger charge is -2.12. The van der Waals surface area contributed by atoms with E-state index in [1.807, 2.05) is 0 Å². The molecule has 1 fully saturated rings. The molecule has 17 heavy (non-hydrogen) atoms. The average Bonchev–Trinajstić information content (AvgIpc) is 2.67. The lowest BCUT2D eigenvalue weighted by Crippen LogP contribution is -2.13. The van der Waals surface area contributed by atoms with Crippen LogP contribution in [0.3, 0.4) is 0 Å². The second-order valence-electron chi connectivity index (χ2n) is 3.88. The van der Waals surface area contributed by atoms with Crippen molar-refractivity contribution in [3.63, 3.8) is 0 Å². The monoisotopic (exact) mass is 242 g/mol. The van der Waals surface area contributed by atoms with Crippen molar-refractivity contribution in [2.75, 3.05) is 12.3 Å². The third kappa shape index (κ3) is 2.64. The van der Waals surface area contributed by atoms with Crippen LogP contribution in [-0.2, 0) is 4.79 Å². The summed E-state index contributed by atoms with van der Waals surface area (Å²) in [7, 11) is 0. The number of carbonyl (C=O) groups excluding carboxylic acids is 1. The number of hydrogen-bond acceptors (Lipinski definition) is 3. The minimum atomic E-state index is -2.91. The SMILES string of the molecule is Nc1ccc(C2CNC(=O)C2)cc1OC(F)F. The Morgan fingerprint density at radius 3 is 2.82 bits per heavy atom. The molecule has 0 radical (unpaired) electrons. The molecule has 1 aromatic rings. The third-order valence-electron chi connectivity index (χ3n) is 2.70. The molecule has 1 atom stereocenters. The van der Waals surface area contributed by atoms with E-state index in [2.05, 4.69) is 10.1 Å². The zero-order valence-electron chi connectivity index (χ0n) is 8.95. The maximum Gasteiger partial charge on any atom is 0.387 e. The van der Waals surface area contributed by atoms with Crippen LogP contribution in [0, 0.1) is 0 Å². The summed E-state index contributed by atoms with van der Waals surface area (Å²) in [5.74, 6) is -0.0943. The molecule has 6 heteroatoms. The highest BCUT2D eigenvalue weighted by Crippen LogP contribution is 2.30. The van der Waals surface area contributed by atoms with Crippen LogP contribution in [0.4, 0.5) is 14.5 Å². The number of nitrogens with two attached hydrogens (primary N) is 1. The standard InChI is InChI=1S/C11H12F2N2O2/c12-11(13)17-9-3-6(1-2-8(9)14)7-4-10(16)15-5-7/h1-3,7,11H,4-5,14H2,(H,15,16). The highest BCUT2D eigenvalue weighted by atomic mass is 19.3. The molecular weight excluding hydrogens is 230 g/mol. The predicted octanol–water partition coefficient (Wildman–Crippen LogP) is 1.47. The van der Waals surface area contributed by atoms with Crippen molar-refractivity contribution in [3.8, 4) is 5.75 Å². The van der Waals surface area contributed by atoms with Gasteiger partial charge in [0, 0.05) is 18.9 Å². The van der Waals surface area contributed by atoms with Crippen LogP contribution in [0.25, 0.3) is 0 Å². The van der Waals surface area contributed by atoms with Crippen LogP contribution in [0.2, 0.25) is 0 Å². The van der Waals surface area contributed by atoms with Crippen LogP contribution in [0.1, 0.15) is 17.9 Å². The molecule has 1 heterocycles. The maximum atomic E-state index is 12.1. The number of carbonyl (C=O) groups is 1. The summed E-state index contributed by atoms with van der Waals surface area (Å²) in [6.45, 7) is -2.40. The van der Waals surface area contributed by atoms with Gasteiger partial charge in [-0.25, -0.2) is 0 Å². The van der Waals surface area contributed by atoms with Crippen molar-refractivity contribution >= 4 is 11.6 Å². The topological polar surface area (TPSA) is 64.3 Å². The fourth-order valence-corrected chi connectivity index (χ4v) is 1.84. The van der Waals surface area contributed by atoms with Gasteiger partial charge in [0.15, 0.2) is 0 Å². The number of benzene rings is 1. The Balaban J connectivity index is 2.21. The Morgan fingerprint density at radius 2 is 2.24 bits per heavy atom. The molecule has 1 saturated heterocycles. The van der Waals surface area contributed by atoms with E-state index in [0.717, 1.165) is 5.56 Å². The van der Waals surface area contributed by atoms with Crippen molar-refractivity contribution < 1.29 is 18.3 Å². The van der Waals surface area contributed by atoms with E-state index in [-0.39, 0.29) is 23.3 Å². The predicted molar refractivity (Wildman–Crippen MR) is 57.9 cm³/mol. The molecule has 1 amide bonds. The Labute approximate surface area is 96.7 Å².